The minimum atomic E-state index is 0.441. The van der Waals surface area contributed by atoms with Crippen LogP contribution in [0, 0.1) is 0 Å². The molecule has 0 rings (SSSR count). The Morgan fingerprint density at radius 2 is 2.00 bits per heavy atom. The highest BCUT2D eigenvalue weighted by Crippen LogP contribution is 2.04. The van der Waals surface area contributed by atoms with E-state index >= 15 is 0 Å². The number of rotatable bonds is 4. The summed E-state index contributed by atoms with van der Waals surface area (Å²) in [5.41, 5.74) is 6.06. The third-order valence-corrected chi connectivity index (χ3v) is 2.12. The molecular formula is C11H21N. The maximum absolute atomic E-state index is 3.40. The van der Waals surface area contributed by atoms with E-state index in [-0.39, 0.29) is 0 Å². The number of likely N-dealkylation sites (N-methyl/N-ethyl adjacent to an activating group) is 1. The zero-order valence-corrected chi connectivity index (χ0v) is 8.99. The summed E-state index contributed by atoms with van der Waals surface area (Å²) in [5, 5.41) is 3.20. The lowest BCUT2D eigenvalue weighted by Crippen LogP contribution is -2.21. The summed E-state index contributed by atoms with van der Waals surface area (Å²) in [6, 6.07) is 0.441. The lowest BCUT2D eigenvalue weighted by molar-refractivity contribution is 0.692. The molecule has 0 bridgehead atoms. The van der Waals surface area contributed by atoms with E-state index in [9.17, 15) is 0 Å². The molecule has 0 aromatic carbocycles. The first-order chi connectivity index (χ1) is 5.61. The highest BCUT2D eigenvalue weighted by molar-refractivity contribution is 5.10. The molecule has 0 aliphatic carbocycles. The fourth-order valence-corrected chi connectivity index (χ4v) is 1.10. The van der Waals surface area contributed by atoms with Gasteiger partial charge in [0.05, 0.1) is 0 Å². The standard InChI is InChI=1S/C11H21N/c1-6-7-9(2)8-10(3)11(4)12-5/h11-12H,6-7H2,1-5H3. The van der Waals surface area contributed by atoms with Crippen molar-refractivity contribution in [1.82, 2.24) is 5.32 Å². The fraction of sp³-hybridized carbons (Fsp3) is 0.727. The van der Waals surface area contributed by atoms with E-state index in [2.05, 4.69) is 38.7 Å². The van der Waals surface area contributed by atoms with Gasteiger partial charge < -0.3 is 5.32 Å². The molecule has 0 aromatic rings. The molecule has 0 aliphatic rings. The second kappa shape index (κ2) is 6.05. The smallest absolute Gasteiger partial charge is 0.0320 e. The minimum absolute atomic E-state index is 0.441. The summed E-state index contributed by atoms with van der Waals surface area (Å²) in [7, 11) is 1.98. The molecule has 1 nitrogen and oxygen atoms in total. The van der Waals surface area contributed by atoms with Crippen molar-refractivity contribution in [2.45, 2.75) is 46.6 Å². The predicted molar refractivity (Wildman–Crippen MR) is 55.3 cm³/mol. The lowest BCUT2D eigenvalue weighted by Gasteiger charge is -2.07. The largest absolute Gasteiger partial charge is 0.313 e. The molecular weight excluding hydrogens is 146 g/mol. The maximum Gasteiger partial charge on any atom is 0.0320 e. The molecule has 0 spiro atoms. The van der Waals surface area contributed by atoms with Gasteiger partial charge in [0, 0.05) is 6.04 Å². The molecule has 0 aliphatic heterocycles. The molecule has 1 heteroatoms. The second-order valence-electron chi connectivity index (χ2n) is 3.35. The number of nitrogens with one attached hydrogen (secondary N) is 1. The van der Waals surface area contributed by atoms with E-state index < -0.39 is 0 Å². The van der Waals surface area contributed by atoms with Crippen molar-refractivity contribution in [2.75, 3.05) is 7.05 Å². The first-order valence-electron chi connectivity index (χ1n) is 4.72. The lowest BCUT2D eigenvalue weighted by atomic mass is 10.1. The predicted octanol–water partition coefficient (Wildman–Crippen LogP) is 2.89. The van der Waals surface area contributed by atoms with Crippen LogP contribution < -0.4 is 5.32 Å². The van der Waals surface area contributed by atoms with Crippen LogP contribution in [0.15, 0.2) is 16.9 Å². The van der Waals surface area contributed by atoms with E-state index in [1.54, 1.807) is 0 Å². The van der Waals surface area contributed by atoms with E-state index in [0.717, 1.165) is 6.42 Å². The van der Waals surface area contributed by atoms with Gasteiger partial charge >= 0.3 is 0 Å². The molecule has 0 aromatic heterocycles. The minimum Gasteiger partial charge on any atom is -0.313 e. The topological polar surface area (TPSA) is 12.0 Å². The second-order valence-corrected chi connectivity index (χ2v) is 3.35. The maximum atomic E-state index is 3.40. The third kappa shape index (κ3) is 4.38. The van der Waals surface area contributed by atoms with Crippen LogP contribution in [-0.2, 0) is 0 Å². The Morgan fingerprint density at radius 1 is 1.42 bits per heavy atom. The zero-order valence-electron chi connectivity index (χ0n) is 8.99. The normalized spacial score (nSPS) is 12.1. The van der Waals surface area contributed by atoms with Crippen molar-refractivity contribution in [2.24, 2.45) is 0 Å². The molecule has 1 atom stereocenters. The highest BCUT2D eigenvalue weighted by atomic mass is 14.8. The monoisotopic (exact) mass is 167 g/mol. The van der Waals surface area contributed by atoms with Gasteiger partial charge in [-0.25, -0.2) is 0 Å². The summed E-state index contributed by atoms with van der Waals surface area (Å²) in [6.07, 6.45) is 2.37. The van der Waals surface area contributed by atoms with Gasteiger partial charge in [0.15, 0.2) is 0 Å². The molecule has 12 heavy (non-hydrogen) atoms. The first-order valence-corrected chi connectivity index (χ1v) is 4.72. The summed E-state index contributed by atoms with van der Waals surface area (Å²) in [4.78, 5) is 0. The Bertz CT molecular complexity index is 185. The SMILES string of the molecule is CCCC(C)=C=C(C)C(C)NC. The van der Waals surface area contributed by atoms with Crippen molar-refractivity contribution in [3.05, 3.63) is 16.9 Å². The molecule has 70 valence electrons. The Balaban J connectivity index is 4.38. The Kier molecular flexibility index (Phi) is 5.79. The fourth-order valence-electron chi connectivity index (χ4n) is 1.10. The van der Waals surface area contributed by atoms with Crippen molar-refractivity contribution >= 4 is 0 Å². The Labute approximate surface area is 76.6 Å². The average Bonchev–Trinajstić information content (AvgIpc) is 2.03. The van der Waals surface area contributed by atoms with Crippen molar-refractivity contribution < 1.29 is 0 Å². The van der Waals surface area contributed by atoms with Crippen LogP contribution in [0.4, 0.5) is 0 Å². The van der Waals surface area contributed by atoms with Gasteiger partial charge in [-0.3, -0.25) is 0 Å². The van der Waals surface area contributed by atoms with Crippen LogP contribution in [0.5, 0.6) is 0 Å². The summed E-state index contributed by atoms with van der Waals surface area (Å²) in [6.45, 7) is 8.62. The van der Waals surface area contributed by atoms with Gasteiger partial charge in [0.25, 0.3) is 0 Å². The molecule has 0 amide bonds. The number of hydrogen-bond acceptors (Lipinski definition) is 1. The van der Waals surface area contributed by atoms with E-state index in [1.807, 2.05) is 7.05 Å². The quantitative estimate of drug-likeness (QED) is 0.635. The molecule has 0 fully saturated rings. The molecule has 0 radical (unpaired) electrons. The van der Waals surface area contributed by atoms with Gasteiger partial charge in [-0.05, 0) is 45.4 Å². The molecule has 0 heterocycles. The van der Waals surface area contributed by atoms with Gasteiger partial charge in [-0.1, -0.05) is 13.3 Å². The van der Waals surface area contributed by atoms with E-state index in [0.29, 0.717) is 6.04 Å². The van der Waals surface area contributed by atoms with Crippen molar-refractivity contribution in [1.29, 1.82) is 0 Å². The van der Waals surface area contributed by atoms with Gasteiger partial charge in [0.2, 0.25) is 0 Å². The van der Waals surface area contributed by atoms with Crippen LogP contribution in [0.2, 0.25) is 0 Å². The van der Waals surface area contributed by atoms with E-state index in [1.165, 1.54) is 17.6 Å². The molecule has 0 saturated carbocycles. The van der Waals surface area contributed by atoms with Crippen LogP contribution in [-0.4, -0.2) is 13.1 Å². The van der Waals surface area contributed by atoms with Crippen LogP contribution in [0.3, 0.4) is 0 Å². The van der Waals surface area contributed by atoms with Gasteiger partial charge in [0.1, 0.15) is 0 Å². The summed E-state index contributed by atoms with van der Waals surface area (Å²) < 4.78 is 0. The zero-order chi connectivity index (χ0) is 9.56. The molecule has 1 unspecified atom stereocenters. The molecule has 1 N–H and O–H groups in total. The summed E-state index contributed by atoms with van der Waals surface area (Å²) in [5.74, 6) is 0. The Hall–Kier alpha value is -0.520. The van der Waals surface area contributed by atoms with Crippen molar-refractivity contribution in [3.63, 3.8) is 0 Å². The molecule has 0 saturated heterocycles. The first kappa shape index (κ1) is 11.5. The highest BCUT2D eigenvalue weighted by Gasteiger charge is 1.98. The van der Waals surface area contributed by atoms with Crippen LogP contribution in [0.1, 0.15) is 40.5 Å². The average molecular weight is 167 g/mol. The van der Waals surface area contributed by atoms with Crippen LogP contribution >= 0.6 is 0 Å². The van der Waals surface area contributed by atoms with Crippen molar-refractivity contribution in [3.8, 4) is 0 Å². The summed E-state index contributed by atoms with van der Waals surface area (Å²) >= 11 is 0. The van der Waals surface area contributed by atoms with Gasteiger partial charge in [-0.15, -0.1) is 5.73 Å². The third-order valence-electron chi connectivity index (χ3n) is 2.12. The van der Waals surface area contributed by atoms with Gasteiger partial charge in [-0.2, -0.15) is 0 Å². The number of hydrogen-bond donors (Lipinski definition) is 1. The Morgan fingerprint density at radius 3 is 2.42 bits per heavy atom. The van der Waals surface area contributed by atoms with Crippen LogP contribution in [0.25, 0.3) is 0 Å². The van der Waals surface area contributed by atoms with E-state index in [4.69, 9.17) is 0 Å².